The van der Waals surface area contributed by atoms with Crippen LogP contribution in [0, 0.1) is 11.3 Å². The van der Waals surface area contributed by atoms with Crippen LogP contribution in [0.15, 0.2) is 46.4 Å². The number of hydrogen-bond acceptors (Lipinski definition) is 6. The van der Waals surface area contributed by atoms with Crippen LogP contribution < -0.4 is 5.32 Å². The van der Waals surface area contributed by atoms with Crippen LogP contribution in [0.2, 0.25) is 0 Å². The number of sulfone groups is 1. The molecule has 0 radical (unpaired) electrons. The lowest BCUT2D eigenvalue weighted by Gasteiger charge is -2.09. The second kappa shape index (κ2) is 7.82. The Morgan fingerprint density at radius 2 is 1.93 bits per heavy atom. The summed E-state index contributed by atoms with van der Waals surface area (Å²) in [6, 6.07) is 11.5. The van der Waals surface area contributed by atoms with E-state index in [-0.39, 0.29) is 22.9 Å². The van der Waals surface area contributed by atoms with Crippen molar-refractivity contribution < 1.29 is 22.4 Å². The van der Waals surface area contributed by atoms with E-state index in [4.69, 9.17) is 4.42 Å². The van der Waals surface area contributed by atoms with Gasteiger partial charge in [0.2, 0.25) is 0 Å². The number of carbonyl (C=O) groups is 2. The average molecular weight is 398 g/mol. The zero-order valence-corrected chi connectivity index (χ0v) is 16.0. The van der Waals surface area contributed by atoms with Gasteiger partial charge >= 0.3 is 0 Å². The second-order valence-corrected chi connectivity index (χ2v) is 8.81. The van der Waals surface area contributed by atoms with Gasteiger partial charge < -0.3 is 9.73 Å². The Hall–Kier alpha value is -3.18. The Morgan fingerprint density at radius 3 is 2.50 bits per heavy atom. The highest BCUT2D eigenvalue weighted by Gasteiger charge is 2.29. The van der Waals surface area contributed by atoms with Gasteiger partial charge in [0, 0.05) is 23.2 Å². The molecule has 0 spiro atoms. The minimum Gasteiger partial charge on any atom is -0.457 e. The predicted octanol–water partition coefficient (Wildman–Crippen LogP) is 2.36. The van der Waals surface area contributed by atoms with Crippen molar-refractivity contribution in [2.45, 2.75) is 19.4 Å². The minimum absolute atomic E-state index is 0.0330. The monoisotopic (exact) mass is 398 g/mol. The molecule has 8 heteroatoms. The Balaban J connectivity index is 1.74. The molecule has 1 atom stereocenters. The lowest BCUT2D eigenvalue weighted by atomic mass is 10.1. The molecular weight excluding hydrogens is 380 g/mol. The van der Waals surface area contributed by atoms with Crippen molar-refractivity contribution in [3.8, 4) is 17.4 Å². The third-order valence-corrected chi connectivity index (χ3v) is 6.19. The molecule has 1 aliphatic rings. The minimum atomic E-state index is -3.12. The van der Waals surface area contributed by atoms with Crippen LogP contribution >= 0.6 is 0 Å². The summed E-state index contributed by atoms with van der Waals surface area (Å²) in [5.74, 6) is 0.103. The van der Waals surface area contributed by atoms with Crippen LogP contribution in [0.4, 0.5) is 0 Å². The molecule has 0 aliphatic carbocycles. The smallest absolute Gasteiger partial charge is 0.262 e. The molecule has 1 aromatic heterocycles. The van der Waals surface area contributed by atoms with E-state index in [1.165, 1.54) is 13.0 Å². The number of carbonyl (C=O) groups excluding carboxylic acids is 2. The summed E-state index contributed by atoms with van der Waals surface area (Å²) in [6.07, 6.45) is 1.65. The van der Waals surface area contributed by atoms with Crippen molar-refractivity contribution in [3.63, 3.8) is 0 Å². The topological polar surface area (TPSA) is 117 Å². The number of nitrogens with one attached hydrogen (secondary N) is 1. The molecule has 28 heavy (non-hydrogen) atoms. The largest absolute Gasteiger partial charge is 0.457 e. The van der Waals surface area contributed by atoms with Gasteiger partial charge in [-0.25, -0.2) is 8.42 Å². The fraction of sp³-hybridized carbons (Fsp3) is 0.250. The highest BCUT2D eigenvalue weighted by atomic mass is 32.2. The van der Waals surface area contributed by atoms with E-state index >= 15 is 0 Å². The van der Waals surface area contributed by atoms with Crippen LogP contribution in [-0.2, 0) is 14.6 Å². The first-order valence-corrected chi connectivity index (χ1v) is 10.4. The fourth-order valence-electron chi connectivity index (χ4n) is 2.92. The average Bonchev–Trinajstić information content (AvgIpc) is 3.25. The zero-order chi connectivity index (χ0) is 20.3. The summed E-state index contributed by atoms with van der Waals surface area (Å²) in [5, 5.41) is 11.8. The number of benzene rings is 1. The lowest BCUT2D eigenvalue weighted by molar-refractivity contribution is -0.117. The second-order valence-electron chi connectivity index (χ2n) is 6.58. The summed E-state index contributed by atoms with van der Waals surface area (Å²) in [7, 11) is -3.12. The molecule has 1 fully saturated rings. The van der Waals surface area contributed by atoms with E-state index in [0.717, 1.165) is 5.56 Å². The third-order valence-electron chi connectivity index (χ3n) is 4.42. The molecule has 0 bridgehead atoms. The maximum absolute atomic E-state index is 12.3. The number of rotatable bonds is 5. The summed E-state index contributed by atoms with van der Waals surface area (Å²) in [5.41, 5.74) is 1.17. The molecule has 144 valence electrons. The SMILES string of the molecule is CC(=O)c1ccc(-c2ccc(/C=C(\C#N)C(=O)N[C@H]3CCS(=O)(=O)C3)o2)cc1. The number of amides is 1. The summed E-state index contributed by atoms with van der Waals surface area (Å²) in [4.78, 5) is 23.6. The van der Waals surface area contributed by atoms with Gasteiger partial charge in [-0.2, -0.15) is 5.26 Å². The van der Waals surface area contributed by atoms with E-state index < -0.39 is 21.8 Å². The first-order valence-electron chi connectivity index (χ1n) is 8.62. The number of nitriles is 1. The van der Waals surface area contributed by atoms with Crippen LogP contribution in [0.5, 0.6) is 0 Å². The van der Waals surface area contributed by atoms with Crippen LogP contribution in [0.25, 0.3) is 17.4 Å². The van der Waals surface area contributed by atoms with E-state index in [2.05, 4.69) is 5.32 Å². The first-order chi connectivity index (χ1) is 13.3. The zero-order valence-electron chi connectivity index (χ0n) is 15.1. The predicted molar refractivity (Wildman–Crippen MR) is 103 cm³/mol. The Morgan fingerprint density at radius 1 is 1.21 bits per heavy atom. The van der Waals surface area contributed by atoms with E-state index in [9.17, 15) is 23.3 Å². The third kappa shape index (κ3) is 4.56. The molecule has 2 aromatic rings. The van der Waals surface area contributed by atoms with Crippen LogP contribution in [0.3, 0.4) is 0 Å². The molecule has 1 amide bonds. The van der Waals surface area contributed by atoms with Gasteiger partial charge in [-0.1, -0.05) is 24.3 Å². The van der Waals surface area contributed by atoms with Gasteiger partial charge in [0.05, 0.1) is 11.5 Å². The molecular formula is C20H18N2O5S. The highest BCUT2D eigenvalue weighted by molar-refractivity contribution is 7.91. The first kappa shape index (κ1) is 19.6. The molecule has 2 heterocycles. The maximum atomic E-state index is 12.3. The number of ketones is 1. The van der Waals surface area contributed by atoms with Gasteiger partial charge in [0.15, 0.2) is 15.6 Å². The van der Waals surface area contributed by atoms with Gasteiger partial charge in [0.1, 0.15) is 23.2 Å². The molecule has 1 aromatic carbocycles. The van der Waals surface area contributed by atoms with Crippen molar-refractivity contribution in [2.24, 2.45) is 0 Å². The molecule has 0 saturated carbocycles. The molecule has 1 aliphatic heterocycles. The quantitative estimate of drug-likeness (QED) is 0.469. The van der Waals surface area contributed by atoms with Crippen molar-refractivity contribution in [2.75, 3.05) is 11.5 Å². The standard InChI is InChI=1S/C20H18N2O5S/c1-13(23)14-2-4-15(5-3-14)19-7-6-18(27-19)10-16(11-21)20(24)22-17-8-9-28(25,26)12-17/h2-7,10,17H,8-9,12H2,1H3,(H,22,24)/b16-10+/t17-/m0/s1. The normalized spacial score (nSPS) is 18.4. The van der Waals surface area contributed by atoms with Crippen molar-refractivity contribution in [3.05, 3.63) is 53.3 Å². The van der Waals surface area contributed by atoms with E-state index in [1.54, 1.807) is 36.4 Å². The van der Waals surface area contributed by atoms with E-state index in [0.29, 0.717) is 23.5 Å². The maximum Gasteiger partial charge on any atom is 0.262 e. The Bertz CT molecular complexity index is 1090. The summed E-state index contributed by atoms with van der Waals surface area (Å²) < 4.78 is 28.6. The number of nitrogens with zero attached hydrogens (tertiary/aromatic N) is 1. The fourth-order valence-corrected chi connectivity index (χ4v) is 4.59. The molecule has 1 N–H and O–H groups in total. The Kier molecular flexibility index (Phi) is 5.47. The highest BCUT2D eigenvalue weighted by Crippen LogP contribution is 2.24. The van der Waals surface area contributed by atoms with Crippen molar-refractivity contribution in [1.29, 1.82) is 5.26 Å². The number of Topliss-reactive ketones (excluding diaryl/α,β-unsaturated/α-hetero) is 1. The van der Waals surface area contributed by atoms with E-state index in [1.807, 2.05) is 6.07 Å². The van der Waals surface area contributed by atoms with Crippen LogP contribution in [0.1, 0.15) is 29.5 Å². The van der Waals surface area contributed by atoms with Gasteiger partial charge in [0.25, 0.3) is 5.91 Å². The number of hydrogen-bond donors (Lipinski definition) is 1. The number of furan rings is 1. The lowest BCUT2D eigenvalue weighted by Crippen LogP contribution is -2.36. The van der Waals surface area contributed by atoms with Crippen molar-refractivity contribution >= 4 is 27.6 Å². The molecule has 3 rings (SSSR count). The van der Waals surface area contributed by atoms with Crippen LogP contribution in [-0.4, -0.2) is 37.7 Å². The van der Waals surface area contributed by atoms with Gasteiger partial charge in [-0.05, 0) is 25.5 Å². The summed E-state index contributed by atoms with van der Waals surface area (Å²) >= 11 is 0. The summed E-state index contributed by atoms with van der Waals surface area (Å²) in [6.45, 7) is 1.49. The molecule has 7 nitrogen and oxygen atoms in total. The van der Waals surface area contributed by atoms with Gasteiger partial charge in [-0.15, -0.1) is 0 Å². The van der Waals surface area contributed by atoms with Gasteiger partial charge in [-0.3, -0.25) is 9.59 Å². The molecule has 0 unspecified atom stereocenters. The molecule has 1 saturated heterocycles. The Labute approximate surface area is 162 Å². The van der Waals surface area contributed by atoms with Crippen molar-refractivity contribution in [1.82, 2.24) is 5.32 Å².